The van der Waals surface area contributed by atoms with Gasteiger partial charge in [-0.1, -0.05) is 29.8 Å². The summed E-state index contributed by atoms with van der Waals surface area (Å²) in [6, 6.07) is 9.53. The smallest absolute Gasteiger partial charge is 0.363 e. The number of aliphatic imine (C=N–C) groups is 1. The van der Waals surface area contributed by atoms with Gasteiger partial charge in [-0.3, -0.25) is 10.1 Å². The Kier molecular flexibility index (Phi) is 4.09. The van der Waals surface area contributed by atoms with E-state index < -0.39 is 16.7 Å². The predicted molar refractivity (Wildman–Crippen MR) is 85.1 cm³/mol. The van der Waals surface area contributed by atoms with E-state index >= 15 is 0 Å². The molecule has 0 bridgehead atoms. The summed E-state index contributed by atoms with van der Waals surface area (Å²) < 4.78 is 18.7. The maximum atomic E-state index is 13.7. The molecule has 0 saturated carbocycles. The molecule has 0 radical (unpaired) electrons. The summed E-state index contributed by atoms with van der Waals surface area (Å²) in [6.07, 6.45) is 1.23. The highest BCUT2D eigenvalue weighted by atomic mass is 35.5. The molecule has 120 valence electrons. The Morgan fingerprint density at radius 2 is 2.00 bits per heavy atom. The van der Waals surface area contributed by atoms with E-state index in [-0.39, 0.29) is 33.4 Å². The first-order chi connectivity index (χ1) is 11.5. The van der Waals surface area contributed by atoms with Crippen molar-refractivity contribution in [3.63, 3.8) is 0 Å². The number of hydrogen-bond acceptors (Lipinski definition) is 5. The van der Waals surface area contributed by atoms with Crippen LogP contribution in [0, 0.1) is 15.9 Å². The highest BCUT2D eigenvalue weighted by Gasteiger charge is 2.27. The van der Waals surface area contributed by atoms with Gasteiger partial charge < -0.3 is 4.74 Å². The van der Waals surface area contributed by atoms with Gasteiger partial charge in [-0.25, -0.2) is 14.2 Å². The van der Waals surface area contributed by atoms with E-state index in [0.29, 0.717) is 0 Å². The van der Waals surface area contributed by atoms with Crippen LogP contribution in [0.5, 0.6) is 0 Å². The molecule has 0 saturated heterocycles. The average molecular weight is 347 g/mol. The van der Waals surface area contributed by atoms with Crippen LogP contribution in [0.4, 0.5) is 10.1 Å². The Balaban J connectivity index is 2.03. The number of non-ortho nitro benzene ring substituents is 1. The van der Waals surface area contributed by atoms with Gasteiger partial charge in [-0.2, -0.15) is 0 Å². The number of rotatable bonds is 3. The van der Waals surface area contributed by atoms with Crippen molar-refractivity contribution in [1.82, 2.24) is 0 Å². The molecule has 0 unspecified atom stereocenters. The number of esters is 1. The van der Waals surface area contributed by atoms with Crippen molar-refractivity contribution in [2.24, 2.45) is 4.99 Å². The van der Waals surface area contributed by atoms with Crippen molar-refractivity contribution < 1.29 is 18.8 Å². The fourth-order valence-corrected chi connectivity index (χ4v) is 2.25. The third-order valence-electron chi connectivity index (χ3n) is 3.21. The zero-order chi connectivity index (χ0) is 17.3. The number of ether oxygens (including phenoxy) is 1. The van der Waals surface area contributed by atoms with Gasteiger partial charge >= 0.3 is 5.97 Å². The molecule has 1 aliphatic rings. The van der Waals surface area contributed by atoms with Gasteiger partial charge in [0, 0.05) is 17.7 Å². The molecule has 0 amide bonds. The Labute approximate surface area is 140 Å². The summed E-state index contributed by atoms with van der Waals surface area (Å²) in [5.74, 6) is -1.48. The number of nitro groups is 1. The van der Waals surface area contributed by atoms with E-state index in [1.54, 1.807) is 6.07 Å². The van der Waals surface area contributed by atoms with E-state index in [2.05, 4.69) is 4.99 Å². The molecule has 24 heavy (non-hydrogen) atoms. The zero-order valence-electron chi connectivity index (χ0n) is 11.9. The predicted octanol–water partition coefficient (Wildman–Crippen LogP) is 3.73. The lowest BCUT2D eigenvalue weighted by Gasteiger charge is -2.02. The van der Waals surface area contributed by atoms with Crippen molar-refractivity contribution in [2.45, 2.75) is 0 Å². The van der Waals surface area contributed by atoms with Crippen LogP contribution < -0.4 is 0 Å². The van der Waals surface area contributed by atoms with Gasteiger partial charge in [0.25, 0.3) is 5.69 Å². The number of nitro benzene ring substituents is 1. The standard InChI is InChI=1S/C16H8ClFN2O4/c17-12-6-5-10(20(22)23)8-11(12)15-19-14(16(21)24-15)7-9-3-1-2-4-13(9)18/h1-8H. The number of carbonyl (C=O) groups excluding carboxylic acids is 1. The summed E-state index contributed by atoms with van der Waals surface area (Å²) in [5, 5.41) is 11.0. The van der Waals surface area contributed by atoms with Crippen LogP contribution in [0.15, 0.2) is 53.2 Å². The summed E-state index contributed by atoms with van der Waals surface area (Å²) >= 11 is 5.99. The van der Waals surface area contributed by atoms with Crippen LogP contribution in [0.2, 0.25) is 5.02 Å². The number of halogens is 2. The van der Waals surface area contributed by atoms with Gasteiger partial charge in [0.2, 0.25) is 5.90 Å². The van der Waals surface area contributed by atoms with Gasteiger partial charge in [0.1, 0.15) is 5.82 Å². The Morgan fingerprint density at radius 3 is 2.71 bits per heavy atom. The van der Waals surface area contributed by atoms with Crippen molar-refractivity contribution in [2.75, 3.05) is 0 Å². The lowest BCUT2D eigenvalue weighted by molar-refractivity contribution is -0.384. The molecule has 8 heteroatoms. The van der Waals surface area contributed by atoms with E-state index in [0.717, 1.165) is 6.07 Å². The summed E-state index contributed by atoms with van der Waals surface area (Å²) in [5.41, 5.74) is -0.0758. The number of carbonyl (C=O) groups is 1. The number of cyclic esters (lactones) is 1. The molecular formula is C16H8ClFN2O4. The zero-order valence-corrected chi connectivity index (χ0v) is 12.7. The Hall–Kier alpha value is -3.06. The largest absolute Gasteiger partial charge is 0.402 e. The molecule has 0 aromatic heterocycles. The van der Waals surface area contributed by atoms with Crippen LogP contribution >= 0.6 is 11.6 Å². The Bertz CT molecular complexity index is 924. The summed E-state index contributed by atoms with van der Waals surface area (Å²) in [7, 11) is 0. The second kappa shape index (κ2) is 6.21. The molecule has 2 aromatic carbocycles. The van der Waals surface area contributed by atoms with Gasteiger partial charge in [-0.15, -0.1) is 0 Å². The number of nitrogens with zero attached hydrogens (tertiary/aromatic N) is 2. The summed E-state index contributed by atoms with van der Waals surface area (Å²) in [6.45, 7) is 0. The van der Waals surface area contributed by atoms with E-state index in [4.69, 9.17) is 16.3 Å². The highest BCUT2D eigenvalue weighted by molar-refractivity contribution is 6.34. The van der Waals surface area contributed by atoms with Crippen LogP contribution in [-0.4, -0.2) is 16.8 Å². The highest BCUT2D eigenvalue weighted by Crippen LogP contribution is 2.27. The normalized spacial score (nSPS) is 15.3. The minimum Gasteiger partial charge on any atom is -0.402 e. The first-order valence-corrected chi connectivity index (χ1v) is 7.05. The molecule has 0 spiro atoms. The average Bonchev–Trinajstić information content (AvgIpc) is 2.90. The molecule has 1 heterocycles. The van der Waals surface area contributed by atoms with Crippen molar-refractivity contribution in [3.05, 3.63) is 80.2 Å². The second-order valence-electron chi connectivity index (χ2n) is 4.78. The third-order valence-corrected chi connectivity index (χ3v) is 3.54. The second-order valence-corrected chi connectivity index (χ2v) is 5.19. The third kappa shape index (κ3) is 3.02. The monoisotopic (exact) mass is 346 g/mol. The molecule has 2 aromatic rings. The molecule has 6 nitrogen and oxygen atoms in total. The topological polar surface area (TPSA) is 81.8 Å². The first kappa shape index (κ1) is 15.8. The van der Waals surface area contributed by atoms with Crippen LogP contribution in [0.25, 0.3) is 6.08 Å². The van der Waals surface area contributed by atoms with Gasteiger partial charge in [0.05, 0.1) is 15.5 Å². The van der Waals surface area contributed by atoms with Crippen molar-refractivity contribution in [3.8, 4) is 0 Å². The van der Waals surface area contributed by atoms with E-state index in [9.17, 15) is 19.3 Å². The lowest BCUT2D eigenvalue weighted by atomic mass is 10.2. The minimum absolute atomic E-state index is 0.108. The number of benzene rings is 2. The minimum atomic E-state index is -0.796. The maximum absolute atomic E-state index is 13.7. The van der Waals surface area contributed by atoms with Crippen molar-refractivity contribution in [1.29, 1.82) is 0 Å². The molecule has 0 N–H and O–H groups in total. The Morgan fingerprint density at radius 1 is 1.25 bits per heavy atom. The molecular weight excluding hydrogens is 339 g/mol. The quantitative estimate of drug-likeness (QED) is 0.367. The number of hydrogen-bond donors (Lipinski definition) is 0. The molecule has 0 fully saturated rings. The van der Waals surface area contributed by atoms with Crippen LogP contribution in [0.3, 0.4) is 0 Å². The molecule has 3 rings (SSSR count). The fraction of sp³-hybridized carbons (Fsp3) is 0. The molecule has 1 aliphatic heterocycles. The SMILES string of the molecule is O=C1OC(c2cc([N+](=O)[O-])ccc2Cl)=NC1=Cc1ccccc1F. The van der Waals surface area contributed by atoms with Crippen LogP contribution in [-0.2, 0) is 9.53 Å². The molecule has 0 atom stereocenters. The lowest BCUT2D eigenvalue weighted by Crippen LogP contribution is -2.06. The van der Waals surface area contributed by atoms with E-state index in [1.807, 2.05) is 0 Å². The summed E-state index contributed by atoms with van der Waals surface area (Å²) in [4.78, 5) is 26.1. The van der Waals surface area contributed by atoms with Crippen LogP contribution in [0.1, 0.15) is 11.1 Å². The van der Waals surface area contributed by atoms with Crippen molar-refractivity contribution >= 4 is 35.2 Å². The van der Waals surface area contributed by atoms with Gasteiger partial charge in [-0.05, 0) is 18.2 Å². The fourth-order valence-electron chi connectivity index (χ4n) is 2.05. The maximum Gasteiger partial charge on any atom is 0.363 e. The first-order valence-electron chi connectivity index (χ1n) is 6.67. The van der Waals surface area contributed by atoms with Gasteiger partial charge in [0.15, 0.2) is 5.70 Å². The molecule has 0 aliphatic carbocycles. The van der Waals surface area contributed by atoms with E-state index in [1.165, 1.54) is 36.4 Å².